The fourth-order valence-corrected chi connectivity index (χ4v) is 2.48. The van der Waals surface area contributed by atoms with Gasteiger partial charge in [0.1, 0.15) is 0 Å². The molecule has 0 atom stereocenters. The minimum absolute atomic E-state index is 0.0249. The number of hydrogen-bond donors (Lipinski definition) is 0. The van der Waals surface area contributed by atoms with Crippen LogP contribution in [0.4, 0.5) is 5.95 Å². The Balaban J connectivity index is 1.82. The number of carbonyl (C=O) groups is 1. The minimum Gasteiger partial charge on any atom is -0.274 e. The van der Waals surface area contributed by atoms with E-state index in [0.717, 1.165) is 11.1 Å². The van der Waals surface area contributed by atoms with E-state index < -0.39 is 0 Å². The van der Waals surface area contributed by atoms with E-state index in [1.54, 1.807) is 4.90 Å². The van der Waals surface area contributed by atoms with E-state index in [-0.39, 0.29) is 11.8 Å². The van der Waals surface area contributed by atoms with Crippen molar-refractivity contribution in [3.05, 3.63) is 71.8 Å². The van der Waals surface area contributed by atoms with Crippen molar-refractivity contribution in [2.24, 2.45) is 5.92 Å². The van der Waals surface area contributed by atoms with E-state index in [1.807, 2.05) is 74.5 Å². The number of aromatic nitrogens is 4. The van der Waals surface area contributed by atoms with Crippen LogP contribution in [0.2, 0.25) is 0 Å². The van der Waals surface area contributed by atoms with E-state index in [1.165, 1.54) is 4.80 Å². The number of amides is 1. The van der Waals surface area contributed by atoms with Crippen LogP contribution in [0.15, 0.2) is 60.7 Å². The second-order valence-electron chi connectivity index (χ2n) is 6.17. The highest BCUT2D eigenvalue weighted by Crippen LogP contribution is 2.15. The normalized spacial score (nSPS) is 10.8. The summed E-state index contributed by atoms with van der Waals surface area (Å²) in [4.78, 5) is 15.7. The van der Waals surface area contributed by atoms with Crippen molar-refractivity contribution in [3.8, 4) is 0 Å². The number of carbonyl (C=O) groups excluding carboxylic acids is 1. The second-order valence-corrected chi connectivity index (χ2v) is 6.17. The molecular weight excluding hydrogens is 314 g/mol. The first kappa shape index (κ1) is 16.8. The van der Waals surface area contributed by atoms with Gasteiger partial charge in [-0.25, -0.2) is 0 Å². The molecule has 0 N–H and O–H groups in total. The van der Waals surface area contributed by atoms with Crippen LogP contribution < -0.4 is 4.90 Å². The summed E-state index contributed by atoms with van der Waals surface area (Å²) in [5.41, 5.74) is 2.10. The fraction of sp³-hybridized carbons (Fsp3) is 0.263. The number of benzene rings is 2. The monoisotopic (exact) mass is 335 g/mol. The first-order chi connectivity index (χ1) is 12.1. The van der Waals surface area contributed by atoms with Gasteiger partial charge in [-0.1, -0.05) is 79.6 Å². The van der Waals surface area contributed by atoms with Gasteiger partial charge in [0.15, 0.2) is 0 Å². The lowest BCUT2D eigenvalue weighted by molar-refractivity contribution is -0.121. The zero-order valence-corrected chi connectivity index (χ0v) is 14.4. The van der Waals surface area contributed by atoms with Gasteiger partial charge in [0, 0.05) is 5.92 Å². The zero-order valence-electron chi connectivity index (χ0n) is 14.4. The summed E-state index contributed by atoms with van der Waals surface area (Å²) in [5, 5.41) is 12.6. The molecule has 0 fully saturated rings. The van der Waals surface area contributed by atoms with Crippen LogP contribution in [0.1, 0.15) is 25.0 Å². The average molecular weight is 335 g/mol. The molecule has 6 nitrogen and oxygen atoms in total. The summed E-state index contributed by atoms with van der Waals surface area (Å²) >= 11 is 0. The average Bonchev–Trinajstić information content (AvgIpc) is 3.09. The Morgan fingerprint density at radius 1 is 1.00 bits per heavy atom. The molecule has 0 aliphatic rings. The van der Waals surface area contributed by atoms with Crippen LogP contribution in [0.25, 0.3) is 0 Å². The largest absolute Gasteiger partial charge is 0.274 e. The molecule has 1 heterocycles. The molecule has 0 unspecified atom stereocenters. The number of tetrazole rings is 1. The van der Waals surface area contributed by atoms with Crippen LogP contribution in [-0.2, 0) is 17.9 Å². The van der Waals surface area contributed by atoms with Gasteiger partial charge in [0.05, 0.1) is 13.1 Å². The Labute approximate surface area is 147 Å². The first-order valence-electron chi connectivity index (χ1n) is 8.30. The van der Waals surface area contributed by atoms with Crippen molar-refractivity contribution in [1.82, 2.24) is 20.2 Å². The summed E-state index contributed by atoms with van der Waals surface area (Å²) in [6, 6.07) is 19.7. The minimum atomic E-state index is -0.148. The second kappa shape index (κ2) is 7.70. The molecule has 1 amide bonds. The molecule has 3 rings (SSSR count). The Hall–Kier alpha value is -3.02. The molecule has 0 saturated heterocycles. The highest BCUT2D eigenvalue weighted by molar-refractivity contribution is 5.92. The van der Waals surface area contributed by atoms with Crippen molar-refractivity contribution < 1.29 is 4.79 Å². The molecule has 6 heteroatoms. The molecular formula is C19H21N5O. The maximum Gasteiger partial charge on any atom is 0.272 e. The lowest BCUT2D eigenvalue weighted by Gasteiger charge is -2.20. The Kier molecular flexibility index (Phi) is 5.18. The summed E-state index contributed by atoms with van der Waals surface area (Å²) in [5.74, 6) is 0.159. The predicted molar refractivity (Wildman–Crippen MR) is 95.8 cm³/mol. The highest BCUT2D eigenvalue weighted by Gasteiger charge is 2.23. The SMILES string of the molecule is CC(C)C(=O)N(Cc1ccccc1)c1nnn(Cc2ccccc2)n1. The molecule has 0 saturated carbocycles. The van der Waals surface area contributed by atoms with Crippen molar-refractivity contribution >= 4 is 11.9 Å². The van der Waals surface area contributed by atoms with E-state index in [9.17, 15) is 4.79 Å². The maximum atomic E-state index is 12.6. The van der Waals surface area contributed by atoms with E-state index >= 15 is 0 Å². The summed E-state index contributed by atoms with van der Waals surface area (Å²) in [6.45, 7) is 4.68. The van der Waals surface area contributed by atoms with Gasteiger partial charge in [-0.3, -0.25) is 9.69 Å². The molecule has 1 aromatic heterocycles. The standard InChI is InChI=1S/C19H21N5O/c1-15(2)18(25)23(13-16-9-5-3-6-10-16)19-20-22-24(21-19)14-17-11-7-4-8-12-17/h3-12,15H,13-14H2,1-2H3. The molecule has 0 bridgehead atoms. The van der Waals surface area contributed by atoms with Crippen LogP contribution in [0.5, 0.6) is 0 Å². The lowest BCUT2D eigenvalue weighted by atomic mass is 10.1. The quantitative estimate of drug-likeness (QED) is 0.695. The van der Waals surface area contributed by atoms with Gasteiger partial charge in [-0.2, -0.15) is 4.80 Å². The van der Waals surface area contributed by atoms with Crippen molar-refractivity contribution in [2.45, 2.75) is 26.9 Å². The third-order valence-electron chi connectivity index (χ3n) is 3.79. The van der Waals surface area contributed by atoms with E-state index in [4.69, 9.17) is 0 Å². The number of rotatable bonds is 6. The van der Waals surface area contributed by atoms with Gasteiger partial charge >= 0.3 is 0 Å². The molecule has 128 valence electrons. The van der Waals surface area contributed by atoms with E-state index in [0.29, 0.717) is 19.0 Å². The molecule has 0 radical (unpaired) electrons. The summed E-state index contributed by atoms with van der Waals surface area (Å²) in [6.07, 6.45) is 0. The number of nitrogens with zero attached hydrogens (tertiary/aromatic N) is 5. The first-order valence-corrected chi connectivity index (χ1v) is 8.30. The van der Waals surface area contributed by atoms with Crippen molar-refractivity contribution in [2.75, 3.05) is 4.90 Å². The smallest absolute Gasteiger partial charge is 0.272 e. The number of hydrogen-bond acceptors (Lipinski definition) is 4. The highest BCUT2D eigenvalue weighted by atomic mass is 16.2. The topological polar surface area (TPSA) is 63.9 Å². The van der Waals surface area contributed by atoms with Crippen LogP contribution in [-0.4, -0.2) is 26.1 Å². The fourth-order valence-electron chi connectivity index (χ4n) is 2.48. The Morgan fingerprint density at radius 3 is 2.20 bits per heavy atom. The molecule has 25 heavy (non-hydrogen) atoms. The summed E-state index contributed by atoms with van der Waals surface area (Å²) < 4.78 is 0. The van der Waals surface area contributed by atoms with Crippen LogP contribution in [0, 0.1) is 5.92 Å². The van der Waals surface area contributed by atoms with Crippen molar-refractivity contribution in [3.63, 3.8) is 0 Å². The van der Waals surface area contributed by atoms with Gasteiger partial charge in [0.2, 0.25) is 5.91 Å². The Bertz CT molecular complexity index is 814. The Morgan fingerprint density at radius 2 is 1.60 bits per heavy atom. The predicted octanol–water partition coefficient (Wildman–Crippen LogP) is 2.91. The van der Waals surface area contributed by atoms with Crippen molar-refractivity contribution in [1.29, 1.82) is 0 Å². The third-order valence-corrected chi connectivity index (χ3v) is 3.79. The maximum absolute atomic E-state index is 12.6. The van der Waals surface area contributed by atoms with Gasteiger partial charge < -0.3 is 0 Å². The van der Waals surface area contributed by atoms with Crippen LogP contribution >= 0.6 is 0 Å². The van der Waals surface area contributed by atoms with Gasteiger partial charge in [-0.05, 0) is 16.3 Å². The summed E-state index contributed by atoms with van der Waals surface area (Å²) in [7, 11) is 0. The molecule has 0 spiro atoms. The van der Waals surface area contributed by atoms with Gasteiger partial charge in [0.25, 0.3) is 5.95 Å². The van der Waals surface area contributed by atoms with E-state index in [2.05, 4.69) is 15.4 Å². The zero-order chi connectivity index (χ0) is 17.6. The third kappa shape index (κ3) is 4.29. The van der Waals surface area contributed by atoms with Gasteiger partial charge in [-0.15, -0.1) is 5.10 Å². The molecule has 3 aromatic rings. The lowest BCUT2D eigenvalue weighted by Crippen LogP contribution is -2.34. The molecule has 0 aliphatic carbocycles. The van der Waals surface area contributed by atoms with Crippen LogP contribution in [0.3, 0.4) is 0 Å². The number of anilines is 1. The molecule has 2 aromatic carbocycles. The molecule has 0 aliphatic heterocycles.